The zero-order chi connectivity index (χ0) is 20.4. The van der Waals surface area contributed by atoms with Crippen LogP contribution in [0.3, 0.4) is 0 Å². The first kappa shape index (κ1) is 19.6. The van der Waals surface area contributed by atoms with E-state index in [-0.39, 0.29) is 5.78 Å². The van der Waals surface area contributed by atoms with Gasteiger partial charge in [0, 0.05) is 30.1 Å². The van der Waals surface area contributed by atoms with Crippen LogP contribution in [0.4, 0.5) is 0 Å². The standard InChI is InChI=1S/C25H28N2O2/c1-17-7-6-15-27(17)16-14-24-19(3)29-25(26-24)21-12-10-20(11-13-21)23-9-5-4-8-22(23)18(2)28/h4-5,8-13,17H,6-7,14-16H2,1-3H3. The van der Waals surface area contributed by atoms with Gasteiger partial charge in [-0.3, -0.25) is 4.79 Å². The van der Waals surface area contributed by atoms with Crippen molar-refractivity contribution in [3.63, 3.8) is 0 Å². The van der Waals surface area contributed by atoms with E-state index in [1.54, 1.807) is 6.92 Å². The number of aromatic nitrogens is 1. The predicted molar refractivity (Wildman–Crippen MR) is 116 cm³/mol. The van der Waals surface area contributed by atoms with E-state index in [1.165, 1.54) is 19.4 Å². The van der Waals surface area contributed by atoms with E-state index in [9.17, 15) is 4.79 Å². The van der Waals surface area contributed by atoms with E-state index < -0.39 is 0 Å². The van der Waals surface area contributed by atoms with E-state index in [1.807, 2.05) is 55.5 Å². The number of ketones is 1. The summed E-state index contributed by atoms with van der Waals surface area (Å²) in [6, 6.07) is 16.5. The molecule has 3 aromatic rings. The van der Waals surface area contributed by atoms with Crippen LogP contribution in [0.15, 0.2) is 52.9 Å². The van der Waals surface area contributed by atoms with Gasteiger partial charge >= 0.3 is 0 Å². The number of likely N-dealkylation sites (tertiary alicyclic amines) is 1. The van der Waals surface area contributed by atoms with Crippen LogP contribution < -0.4 is 0 Å². The highest BCUT2D eigenvalue weighted by Crippen LogP contribution is 2.28. The molecule has 4 heteroatoms. The molecule has 1 fully saturated rings. The van der Waals surface area contributed by atoms with Gasteiger partial charge in [0.05, 0.1) is 5.69 Å². The van der Waals surface area contributed by atoms with Crippen LogP contribution in [-0.2, 0) is 6.42 Å². The molecule has 29 heavy (non-hydrogen) atoms. The Morgan fingerprint density at radius 3 is 2.55 bits per heavy atom. The summed E-state index contributed by atoms with van der Waals surface area (Å²) in [5.41, 5.74) is 4.72. The van der Waals surface area contributed by atoms with Crippen LogP contribution in [0.25, 0.3) is 22.6 Å². The van der Waals surface area contributed by atoms with Gasteiger partial charge in [-0.25, -0.2) is 4.98 Å². The van der Waals surface area contributed by atoms with Crippen LogP contribution >= 0.6 is 0 Å². The molecule has 4 nitrogen and oxygen atoms in total. The Morgan fingerprint density at radius 2 is 1.86 bits per heavy atom. The smallest absolute Gasteiger partial charge is 0.226 e. The van der Waals surface area contributed by atoms with Gasteiger partial charge in [-0.2, -0.15) is 0 Å². The van der Waals surface area contributed by atoms with Crippen LogP contribution in [0, 0.1) is 6.92 Å². The van der Waals surface area contributed by atoms with Crippen molar-refractivity contribution in [1.82, 2.24) is 9.88 Å². The maximum Gasteiger partial charge on any atom is 0.226 e. The van der Waals surface area contributed by atoms with Gasteiger partial charge in [-0.15, -0.1) is 0 Å². The SMILES string of the molecule is CC(=O)c1ccccc1-c1ccc(-c2nc(CCN3CCCC3C)c(C)o2)cc1. The molecule has 0 N–H and O–H groups in total. The highest BCUT2D eigenvalue weighted by molar-refractivity contribution is 6.00. The minimum Gasteiger partial charge on any atom is -0.441 e. The third-order valence-corrected chi connectivity index (χ3v) is 5.97. The molecule has 1 aliphatic rings. The molecule has 0 spiro atoms. The van der Waals surface area contributed by atoms with Crippen molar-refractivity contribution in [2.75, 3.05) is 13.1 Å². The predicted octanol–water partition coefficient (Wildman–Crippen LogP) is 5.55. The fraction of sp³-hybridized carbons (Fsp3) is 0.360. The first-order valence-corrected chi connectivity index (χ1v) is 10.4. The molecule has 0 saturated carbocycles. The fourth-order valence-electron chi connectivity index (χ4n) is 4.19. The van der Waals surface area contributed by atoms with Crippen molar-refractivity contribution in [3.8, 4) is 22.6 Å². The molecule has 0 bridgehead atoms. The lowest BCUT2D eigenvalue weighted by Gasteiger charge is -2.20. The number of hydrogen-bond acceptors (Lipinski definition) is 4. The lowest BCUT2D eigenvalue weighted by atomic mass is 9.97. The normalized spacial score (nSPS) is 17.0. The van der Waals surface area contributed by atoms with Gasteiger partial charge in [0.1, 0.15) is 5.76 Å². The number of nitrogens with zero attached hydrogens (tertiary/aromatic N) is 2. The second kappa shape index (κ2) is 8.34. The van der Waals surface area contributed by atoms with Crippen LogP contribution in [0.1, 0.15) is 48.5 Å². The average Bonchev–Trinajstić information content (AvgIpc) is 3.31. The monoisotopic (exact) mass is 388 g/mol. The molecule has 1 unspecified atom stereocenters. The molecule has 1 atom stereocenters. The molecule has 1 saturated heterocycles. The summed E-state index contributed by atoms with van der Waals surface area (Å²) >= 11 is 0. The Hall–Kier alpha value is -2.72. The maximum absolute atomic E-state index is 11.9. The molecule has 0 aliphatic carbocycles. The molecule has 150 valence electrons. The maximum atomic E-state index is 11.9. The van der Waals surface area contributed by atoms with Gasteiger partial charge in [-0.05, 0) is 63.4 Å². The van der Waals surface area contributed by atoms with Crippen molar-refractivity contribution in [2.24, 2.45) is 0 Å². The fourth-order valence-corrected chi connectivity index (χ4v) is 4.19. The third kappa shape index (κ3) is 4.18. The van der Waals surface area contributed by atoms with Gasteiger partial charge in [0.2, 0.25) is 5.89 Å². The van der Waals surface area contributed by atoms with Gasteiger partial charge in [-0.1, -0.05) is 36.4 Å². The van der Waals surface area contributed by atoms with Crippen LogP contribution in [-0.4, -0.2) is 34.8 Å². The van der Waals surface area contributed by atoms with Crippen molar-refractivity contribution in [3.05, 3.63) is 65.5 Å². The summed E-state index contributed by atoms with van der Waals surface area (Å²) in [4.78, 5) is 19.2. The lowest BCUT2D eigenvalue weighted by Crippen LogP contribution is -2.29. The van der Waals surface area contributed by atoms with Crippen LogP contribution in [0.5, 0.6) is 0 Å². The van der Waals surface area contributed by atoms with Crippen molar-refractivity contribution >= 4 is 5.78 Å². The largest absolute Gasteiger partial charge is 0.441 e. The number of oxazole rings is 1. The van der Waals surface area contributed by atoms with E-state index in [0.717, 1.165) is 46.7 Å². The average molecular weight is 389 g/mol. The van der Waals surface area contributed by atoms with E-state index in [4.69, 9.17) is 9.40 Å². The van der Waals surface area contributed by atoms with Gasteiger partial charge in [0.15, 0.2) is 5.78 Å². The molecule has 0 radical (unpaired) electrons. The number of carbonyl (C=O) groups excluding carboxylic acids is 1. The molecule has 2 heterocycles. The highest BCUT2D eigenvalue weighted by atomic mass is 16.4. The highest BCUT2D eigenvalue weighted by Gasteiger charge is 2.21. The van der Waals surface area contributed by atoms with E-state index in [2.05, 4.69) is 11.8 Å². The zero-order valence-corrected chi connectivity index (χ0v) is 17.4. The Bertz CT molecular complexity index is 1000. The summed E-state index contributed by atoms with van der Waals surface area (Å²) in [5, 5.41) is 0. The summed E-state index contributed by atoms with van der Waals surface area (Å²) in [6.45, 7) is 8.13. The molecule has 4 rings (SSSR count). The second-order valence-corrected chi connectivity index (χ2v) is 7.98. The first-order chi connectivity index (χ1) is 14.0. The number of hydrogen-bond donors (Lipinski definition) is 0. The molecule has 1 aliphatic heterocycles. The van der Waals surface area contributed by atoms with Crippen LogP contribution in [0.2, 0.25) is 0 Å². The molecule has 1 aromatic heterocycles. The Labute approximate surface area is 172 Å². The number of Topliss-reactive ketones (excluding diaryl/α,β-unsaturated/α-hetero) is 1. The minimum absolute atomic E-state index is 0.0740. The quantitative estimate of drug-likeness (QED) is 0.520. The van der Waals surface area contributed by atoms with Gasteiger partial charge < -0.3 is 9.32 Å². The number of rotatable bonds is 6. The Morgan fingerprint density at radius 1 is 1.14 bits per heavy atom. The number of aryl methyl sites for hydroxylation is 1. The third-order valence-electron chi connectivity index (χ3n) is 5.97. The Balaban J connectivity index is 1.52. The Kier molecular flexibility index (Phi) is 5.63. The van der Waals surface area contributed by atoms with E-state index >= 15 is 0 Å². The summed E-state index contributed by atoms with van der Waals surface area (Å²) < 4.78 is 5.97. The lowest BCUT2D eigenvalue weighted by molar-refractivity contribution is 0.101. The first-order valence-electron chi connectivity index (χ1n) is 10.4. The molecular formula is C25H28N2O2. The van der Waals surface area contributed by atoms with Crippen molar-refractivity contribution in [1.29, 1.82) is 0 Å². The molecule has 2 aromatic carbocycles. The summed E-state index contributed by atoms with van der Waals surface area (Å²) in [6.07, 6.45) is 3.51. The van der Waals surface area contributed by atoms with E-state index in [0.29, 0.717) is 11.9 Å². The number of benzene rings is 2. The number of carbonyl (C=O) groups is 1. The zero-order valence-electron chi connectivity index (χ0n) is 17.4. The van der Waals surface area contributed by atoms with Crippen molar-refractivity contribution < 1.29 is 9.21 Å². The van der Waals surface area contributed by atoms with Gasteiger partial charge in [0.25, 0.3) is 0 Å². The van der Waals surface area contributed by atoms with Crippen molar-refractivity contribution in [2.45, 2.75) is 46.1 Å². The topological polar surface area (TPSA) is 46.3 Å². The molecular weight excluding hydrogens is 360 g/mol. The minimum atomic E-state index is 0.0740. The summed E-state index contributed by atoms with van der Waals surface area (Å²) in [7, 11) is 0. The summed E-state index contributed by atoms with van der Waals surface area (Å²) in [5.74, 6) is 1.64. The second-order valence-electron chi connectivity index (χ2n) is 7.98. The molecule has 0 amide bonds.